The lowest BCUT2D eigenvalue weighted by atomic mass is 10.2. The zero-order chi connectivity index (χ0) is 10.9. The van der Waals surface area contributed by atoms with Gasteiger partial charge < -0.3 is 5.11 Å². The van der Waals surface area contributed by atoms with Crippen LogP contribution in [0, 0.1) is 13.8 Å². The summed E-state index contributed by atoms with van der Waals surface area (Å²) in [6, 6.07) is -0.113. The molecule has 0 saturated heterocycles. The average Bonchev–Trinajstić information content (AvgIpc) is 2.32. The third-order valence-corrected chi connectivity index (χ3v) is 3.27. The molecule has 0 saturated carbocycles. The number of aromatic nitrogens is 2. The van der Waals surface area contributed by atoms with Gasteiger partial charge in [0.05, 0.1) is 28.3 Å². The highest BCUT2D eigenvalue weighted by Crippen LogP contribution is 2.23. The quantitative estimate of drug-likeness (QED) is 0.908. The molecule has 1 atom stereocenters. The third kappa shape index (κ3) is 2.15. The first-order valence-electron chi connectivity index (χ1n) is 4.36. The van der Waals surface area contributed by atoms with Crippen molar-refractivity contribution in [1.82, 2.24) is 9.78 Å². The van der Waals surface area contributed by atoms with Crippen molar-refractivity contribution in [2.24, 2.45) is 0 Å². The Morgan fingerprint density at radius 3 is 2.57 bits per heavy atom. The number of rotatable bonds is 3. The number of carboxylic acid groups (broad SMARTS) is 1. The largest absolute Gasteiger partial charge is 0.481 e. The topological polar surface area (TPSA) is 55.1 Å². The molecule has 0 amide bonds. The summed E-state index contributed by atoms with van der Waals surface area (Å²) in [6.07, 6.45) is 0.0917. The van der Waals surface area contributed by atoms with Gasteiger partial charge >= 0.3 is 5.97 Å². The monoisotopic (exact) mass is 260 g/mol. The fourth-order valence-corrected chi connectivity index (χ4v) is 1.67. The van der Waals surface area contributed by atoms with Crippen LogP contribution in [0.25, 0.3) is 0 Å². The van der Waals surface area contributed by atoms with Crippen molar-refractivity contribution >= 4 is 21.9 Å². The second-order valence-corrected chi connectivity index (χ2v) is 4.17. The molecule has 1 aromatic heterocycles. The van der Waals surface area contributed by atoms with Crippen LogP contribution in [-0.4, -0.2) is 20.9 Å². The van der Waals surface area contributed by atoms with Crippen LogP contribution in [0.3, 0.4) is 0 Å². The molecule has 0 fully saturated rings. The zero-order valence-corrected chi connectivity index (χ0v) is 10.00. The van der Waals surface area contributed by atoms with Crippen LogP contribution in [0.1, 0.15) is 30.8 Å². The minimum Gasteiger partial charge on any atom is -0.481 e. The van der Waals surface area contributed by atoms with E-state index in [1.807, 2.05) is 20.8 Å². The van der Waals surface area contributed by atoms with Gasteiger partial charge in [0.1, 0.15) is 0 Å². The number of nitrogens with zero attached hydrogens (tertiary/aromatic N) is 2. The maximum atomic E-state index is 10.5. The number of aliphatic carboxylic acids is 1. The highest BCUT2D eigenvalue weighted by molar-refractivity contribution is 9.10. The van der Waals surface area contributed by atoms with Gasteiger partial charge in [-0.05, 0) is 36.7 Å². The van der Waals surface area contributed by atoms with Crippen molar-refractivity contribution in [3.63, 3.8) is 0 Å². The maximum absolute atomic E-state index is 10.5. The van der Waals surface area contributed by atoms with Crippen LogP contribution in [0.2, 0.25) is 0 Å². The number of halogens is 1. The van der Waals surface area contributed by atoms with Gasteiger partial charge in [0.15, 0.2) is 0 Å². The lowest BCUT2D eigenvalue weighted by Crippen LogP contribution is -2.13. The minimum absolute atomic E-state index is 0.0917. The molecular formula is C9H13BrN2O2. The van der Waals surface area contributed by atoms with E-state index in [0.717, 1.165) is 15.9 Å². The third-order valence-electron chi connectivity index (χ3n) is 2.12. The van der Waals surface area contributed by atoms with E-state index in [1.165, 1.54) is 0 Å². The predicted octanol–water partition coefficient (Wildman–Crippen LogP) is 2.30. The molecule has 0 aliphatic carbocycles. The van der Waals surface area contributed by atoms with Gasteiger partial charge in [0.25, 0.3) is 0 Å². The standard InChI is InChI=1S/C9H13BrN2O2/c1-5(4-8(13)14)12-7(3)9(10)6(2)11-12/h5H,4H2,1-3H3,(H,13,14)/t5-/m0/s1. The SMILES string of the molecule is Cc1nn([C@@H](C)CC(=O)O)c(C)c1Br. The Morgan fingerprint density at radius 2 is 2.21 bits per heavy atom. The van der Waals surface area contributed by atoms with Crippen LogP contribution in [0.5, 0.6) is 0 Å². The molecule has 0 aromatic carbocycles. The fraction of sp³-hybridized carbons (Fsp3) is 0.556. The van der Waals surface area contributed by atoms with E-state index in [-0.39, 0.29) is 12.5 Å². The number of hydrogen-bond donors (Lipinski definition) is 1. The Kier molecular flexibility index (Phi) is 3.31. The average molecular weight is 261 g/mol. The second-order valence-electron chi connectivity index (χ2n) is 3.38. The summed E-state index contributed by atoms with van der Waals surface area (Å²) < 4.78 is 2.70. The van der Waals surface area contributed by atoms with Crippen LogP contribution < -0.4 is 0 Å². The van der Waals surface area contributed by atoms with Crippen LogP contribution in [0.15, 0.2) is 4.47 Å². The highest BCUT2D eigenvalue weighted by Gasteiger charge is 2.15. The molecule has 1 aromatic rings. The van der Waals surface area contributed by atoms with Gasteiger partial charge in [-0.2, -0.15) is 5.10 Å². The van der Waals surface area contributed by atoms with Crippen molar-refractivity contribution in [1.29, 1.82) is 0 Å². The molecule has 0 unspecified atom stereocenters. The maximum Gasteiger partial charge on any atom is 0.305 e. The van der Waals surface area contributed by atoms with Crippen molar-refractivity contribution in [3.8, 4) is 0 Å². The first kappa shape index (κ1) is 11.2. The van der Waals surface area contributed by atoms with E-state index in [4.69, 9.17) is 5.11 Å². The molecule has 14 heavy (non-hydrogen) atoms. The first-order valence-corrected chi connectivity index (χ1v) is 5.15. The Hall–Kier alpha value is -0.840. The van der Waals surface area contributed by atoms with Crippen LogP contribution in [-0.2, 0) is 4.79 Å². The van der Waals surface area contributed by atoms with Crippen molar-refractivity contribution in [3.05, 3.63) is 15.9 Å². The van der Waals surface area contributed by atoms with Gasteiger partial charge in [0, 0.05) is 0 Å². The van der Waals surface area contributed by atoms with E-state index >= 15 is 0 Å². The lowest BCUT2D eigenvalue weighted by molar-refractivity contribution is -0.137. The summed E-state index contributed by atoms with van der Waals surface area (Å²) in [5, 5.41) is 12.9. The van der Waals surface area contributed by atoms with Crippen molar-refractivity contribution in [2.75, 3.05) is 0 Å². The molecule has 78 valence electrons. The second kappa shape index (κ2) is 4.13. The summed E-state index contributed by atoms with van der Waals surface area (Å²) >= 11 is 3.40. The summed E-state index contributed by atoms with van der Waals surface area (Å²) in [5.74, 6) is -0.804. The predicted molar refractivity (Wildman–Crippen MR) is 56.4 cm³/mol. The Morgan fingerprint density at radius 1 is 1.64 bits per heavy atom. The number of hydrogen-bond acceptors (Lipinski definition) is 2. The van der Waals surface area contributed by atoms with Gasteiger partial charge in [-0.3, -0.25) is 9.48 Å². The molecular weight excluding hydrogens is 248 g/mol. The molecule has 4 nitrogen and oxygen atoms in total. The summed E-state index contributed by atoms with van der Waals surface area (Å²) in [7, 11) is 0. The van der Waals surface area contributed by atoms with Gasteiger partial charge in [-0.15, -0.1) is 0 Å². The van der Waals surface area contributed by atoms with Crippen molar-refractivity contribution < 1.29 is 9.90 Å². The number of carboxylic acids is 1. The normalized spacial score (nSPS) is 12.9. The van der Waals surface area contributed by atoms with Crippen LogP contribution in [0.4, 0.5) is 0 Å². The Labute approximate surface area is 91.1 Å². The van der Waals surface area contributed by atoms with Gasteiger partial charge in [-0.1, -0.05) is 0 Å². The Balaban J connectivity index is 2.95. The van der Waals surface area contributed by atoms with E-state index in [9.17, 15) is 4.79 Å². The highest BCUT2D eigenvalue weighted by atomic mass is 79.9. The van der Waals surface area contributed by atoms with Crippen LogP contribution >= 0.6 is 15.9 Å². The molecule has 0 radical (unpaired) electrons. The lowest BCUT2D eigenvalue weighted by Gasteiger charge is -2.11. The first-order chi connectivity index (χ1) is 6.43. The summed E-state index contributed by atoms with van der Waals surface area (Å²) in [6.45, 7) is 5.66. The van der Waals surface area contributed by atoms with Gasteiger partial charge in [0.2, 0.25) is 0 Å². The molecule has 5 heteroatoms. The molecule has 0 bridgehead atoms. The molecule has 1 heterocycles. The van der Waals surface area contributed by atoms with Gasteiger partial charge in [-0.25, -0.2) is 0 Å². The number of aryl methyl sites for hydroxylation is 1. The minimum atomic E-state index is -0.804. The fourth-order valence-electron chi connectivity index (χ4n) is 1.41. The smallest absolute Gasteiger partial charge is 0.305 e. The molecule has 1 rings (SSSR count). The summed E-state index contributed by atoms with van der Waals surface area (Å²) in [5.41, 5.74) is 1.86. The van der Waals surface area contributed by atoms with Crippen molar-refractivity contribution in [2.45, 2.75) is 33.2 Å². The van der Waals surface area contributed by atoms with E-state index in [0.29, 0.717) is 0 Å². The zero-order valence-electron chi connectivity index (χ0n) is 8.41. The summed E-state index contributed by atoms with van der Waals surface area (Å²) in [4.78, 5) is 10.5. The molecule has 1 N–H and O–H groups in total. The molecule has 0 aliphatic rings. The van der Waals surface area contributed by atoms with E-state index < -0.39 is 5.97 Å². The van der Waals surface area contributed by atoms with E-state index in [1.54, 1.807) is 4.68 Å². The Bertz CT molecular complexity index is 360. The molecule has 0 aliphatic heterocycles. The molecule has 0 spiro atoms. The van der Waals surface area contributed by atoms with E-state index in [2.05, 4.69) is 21.0 Å². The number of carbonyl (C=O) groups is 1.